The van der Waals surface area contributed by atoms with Crippen molar-refractivity contribution in [2.24, 2.45) is 11.1 Å². The van der Waals surface area contributed by atoms with E-state index in [1.807, 2.05) is 13.8 Å². The first-order valence-electron chi connectivity index (χ1n) is 5.04. The van der Waals surface area contributed by atoms with E-state index in [1.165, 1.54) is 12.3 Å². The van der Waals surface area contributed by atoms with Gasteiger partial charge in [-0.25, -0.2) is 0 Å². The van der Waals surface area contributed by atoms with Crippen molar-refractivity contribution >= 4 is 0 Å². The van der Waals surface area contributed by atoms with Crippen LogP contribution in [0.5, 0.6) is 0 Å². The minimum atomic E-state index is -4.36. The fraction of sp³-hybridized carbons (Fsp3) is 0.545. The Kier molecular flexibility index (Phi) is 2.28. The van der Waals surface area contributed by atoms with Crippen molar-refractivity contribution in [3.63, 3.8) is 0 Å². The van der Waals surface area contributed by atoms with Crippen molar-refractivity contribution in [1.82, 2.24) is 4.98 Å². The van der Waals surface area contributed by atoms with Crippen LogP contribution in [0.25, 0.3) is 0 Å². The van der Waals surface area contributed by atoms with Gasteiger partial charge < -0.3 is 5.73 Å². The molecule has 88 valence electrons. The zero-order valence-corrected chi connectivity index (χ0v) is 9.05. The van der Waals surface area contributed by atoms with Crippen molar-refractivity contribution < 1.29 is 13.2 Å². The van der Waals surface area contributed by atoms with E-state index >= 15 is 0 Å². The van der Waals surface area contributed by atoms with Crippen molar-refractivity contribution in [1.29, 1.82) is 0 Å². The van der Waals surface area contributed by atoms with E-state index in [9.17, 15) is 13.2 Å². The summed E-state index contributed by atoms with van der Waals surface area (Å²) < 4.78 is 38.2. The van der Waals surface area contributed by atoms with Gasteiger partial charge in [-0.15, -0.1) is 0 Å². The lowest BCUT2D eigenvalue weighted by Crippen LogP contribution is -2.12. The summed E-state index contributed by atoms with van der Waals surface area (Å²) in [6.07, 6.45) is -2.98. The molecule has 0 radical (unpaired) electrons. The van der Waals surface area contributed by atoms with E-state index in [0.29, 0.717) is 0 Å². The van der Waals surface area contributed by atoms with E-state index in [2.05, 4.69) is 4.98 Å². The first kappa shape index (κ1) is 11.4. The number of nitrogens with zero attached hydrogens (tertiary/aromatic N) is 1. The molecule has 1 aliphatic carbocycles. The summed E-state index contributed by atoms with van der Waals surface area (Å²) in [4.78, 5) is 3.85. The lowest BCUT2D eigenvalue weighted by atomic mass is 10.0. The summed E-state index contributed by atoms with van der Waals surface area (Å²) in [7, 11) is 0. The van der Waals surface area contributed by atoms with Crippen LogP contribution in [0, 0.1) is 5.41 Å². The third-order valence-electron chi connectivity index (χ3n) is 3.35. The van der Waals surface area contributed by atoms with Crippen LogP contribution in [-0.2, 0) is 6.18 Å². The normalized spacial score (nSPS) is 27.9. The summed E-state index contributed by atoms with van der Waals surface area (Å²) in [6, 6.07) is 2.11. The summed E-state index contributed by atoms with van der Waals surface area (Å²) in [5, 5.41) is 0. The van der Waals surface area contributed by atoms with Crippen molar-refractivity contribution in [2.45, 2.75) is 32.0 Å². The highest BCUT2D eigenvalue weighted by molar-refractivity contribution is 5.36. The monoisotopic (exact) mass is 230 g/mol. The van der Waals surface area contributed by atoms with Gasteiger partial charge in [0, 0.05) is 18.2 Å². The molecule has 1 heterocycles. The molecule has 2 N–H and O–H groups in total. The zero-order valence-electron chi connectivity index (χ0n) is 9.05. The van der Waals surface area contributed by atoms with E-state index in [-0.39, 0.29) is 23.1 Å². The predicted octanol–water partition coefficient (Wildman–Crippen LogP) is 2.55. The summed E-state index contributed by atoms with van der Waals surface area (Å²) >= 11 is 0. The third-order valence-corrected chi connectivity index (χ3v) is 3.35. The van der Waals surface area contributed by atoms with Gasteiger partial charge in [-0.2, -0.15) is 13.2 Å². The summed E-state index contributed by atoms with van der Waals surface area (Å²) in [5.41, 5.74) is 4.89. The SMILES string of the molecule is CC1(C)C(N)C1c1ncccc1C(F)(F)F. The van der Waals surface area contributed by atoms with Gasteiger partial charge in [0.15, 0.2) is 0 Å². The molecule has 2 unspecified atom stereocenters. The highest BCUT2D eigenvalue weighted by Gasteiger charge is 2.59. The van der Waals surface area contributed by atoms with Gasteiger partial charge in [0.2, 0.25) is 0 Å². The maximum atomic E-state index is 12.7. The zero-order chi connectivity index (χ0) is 12.1. The van der Waals surface area contributed by atoms with E-state index in [4.69, 9.17) is 5.73 Å². The van der Waals surface area contributed by atoms with Gasteiger partial charge >= 0.3 is 6.18 Å². The quantitative estimate of drug-likeness (QED) is 0.805. The second-order valence-corrected chi connectivity index (χ2v) is 4.76. The standard InChI is InChI=1S/C11H13F3N2/c1-10(2)7(9(10)15)8-6(11(12,13)14)4-3-5-16-8/h3-5,7,9H,15H2,1-2H3. The number of nitrogens with two attached hydrogens (primary N) is 1. The molecule has 2 nitrogen and oxygen atoms in total. The molecule has 0 bridgehead atoms. The van der Waals surface area contributed by atoms with Gasteiger partial charge in [0.05, 0.1) is 11.3 Å². The van der Waals surface area contributed by atoms with Crippen LogP contribution in [-0.4, -0.2) is 11.0 Å². The highest BCUT2D eigenvalue weighted by Crippen LogP contribution is 2.58. The Morgan fingerprint density at radius 2 is 1.94 bits per heavy atom. The molecule has 5 heteroatoms. The van der Waals surface area contributed by atoms with Crippen LogP contribution < -0.4 is 5.73 Å². The number of alkyl halides is 3. The number of pyridine rings is 1. The van der Waals surface area contributed by atoms with Gasteiger partial charge in [-0.3, -0.25) is 4.98 Å². The minimum Gasteiger partial charge on any atom is -0.327 e. The Hall–Kier alpha value is -1.10. The topological polar surface area (TPSA) is 38.9 Å². The Labute approximate surface area is 91.7 Å². The van der Waals surface area contributed by atoms with E-state index in [1.54, 1.807) is 0 Å². The van der Waals surface area contributed by atoms with Crippen LogP contribution in [0.3, 0.4) is 0 Å². The Bertz CT molecular complexity index is 412. The first-order chi connectivity index (χ1) is 7.26. The molecular weight excluding hydrogens is 217 g/mol. The van der Waals surface area contributed by atoms with Gasteiger partial charge in [0.25, 0.3) is 0 Å². The van der Waals surface area contributed by atoms with Crippen LogP contribution in [0.2, 0.25) is 0 Å². The van der Waals surface area contributed by atoms with Crippen LogP contribution >= 0.6 is 0 Å². The average Bonchev–Trinajstić information content (AvgIpc) is 2.65. The molecule has 0 aliphatic heterocycles. The molecule has 0 amide bonds. The predicted molar refractivity (Wildman–Crippen MR) is 53.7 cm³/mol. The molecular formula is C11H13F3N2. The lowest BCUT2D eigenvalue weighted by Gasteiger charge is -2.12. The summed E-state index contributed by atoms with van der Waals surface area (Å²) in [6.45, 7) is 3.72. The van der Waals surface area contributed by atoms with Gasteiger partial charge in [-0.05, 0) is 17.5 Å². The van der Waals surface area contributed by atoms with Crippen LogP contribution in [0.15, 0.2) is 18.3 Å². The van der Waals surface area contributed by atoms with Crippen LogP contribution in [0.1, 0.15) is 31.0 Å². The molecule has 0 spiro atoms. The molecule has 2 rings (SSSR count). The average molecular weight is 230 g/mol. The van der Waals surface area contributed by atoms with Crippen molar-refractivity contribution in [3.05, 3.63) is 29.6 Å². The fourth-order valence-corrected chi connectivity index (χ4v) is 2.11. The van der Waals surface area contributed by atoms with Crippen molar-refractivity contribution in [2.75, 3.05) is 0 Å². The molecule has 1 aromatic heterocycles. The molecule has 1 saturated carbocycles. The second kappa shape index (κ2) is 3.20. The second-order valence-electron chi connectivity index (χ2n) is 4.76. The number of hydrogen-bond acceptors (Lipinski definition) is 2. The molecule has 1 fully saturated rings. The maximum Gasteiger partial charge on any atom is 0.418 e. The number of rotatable bonds is 1. The largest absolute Gasteiger partial charge is 0.418 e. The highest BCUT2D eigenvalue weighted by atomic mass is 19.4. The molecule has 16 heavy (non-hydrogen) atoms. The fourth-order valence-electron chi connectivity index (χ4n) is 2.11. The lowest BCUT2D eigenvalue weighted by molar-refractivity contribution is -0.138. The molecule has 0 aromatic carbocycles. The van der Waals surface area contributed by atoms with Crippen molar-refractivity contribution in [3.8, 4) is 0 Å². The smallest absolute Gasteiger partial charge is 0.327 e. The third kappa shape index (κ3) is 1.59. The maximum absolute atomic E-state index is 12.7. The number of hydrogen-bond donors (Lipinski definition) is 1. The Morgan fingerprint density at radius 3 is 2.38 bits per heavy atom. The molecule has 1 aliphatic rings. The molecule has 1 aromatic rings. The minimum absolute atomic E-state index is 0.0764. The summed E-state index contributed by atoms with van der Waals surface area (Å²) in [5.74, 6) is -0.301. The Morgan fingerprint density at radius 1 is 1.38 bits per heavy atom. The van der Waals surface area contributed by atoms with Gasteiger partial charge in [-0.1, -0.05) is 13.8 Å². The number of halogens is 3. The van der Waals surface area contributed by atoms with E-state index < -0.39 is 11.7 Å². The number of aromatic nitrogens is 1. The van der Waals surface area contributed by atoms with Gasteiger partial charge in [0.1, 0.15) is 0 Å². The Balaban J connectivity index is 2.44. The first-order valence-corrected chi connectivity index (χ1v) is 5.04. The molecule has 2 atom stereocenters. The van der Waals surface area contributed by atoms with E-state index in [0.717, 1.165) is 6.07 Å². The molecule has 0 saturated heterocycles. The van der Waals surface area contributed by atoms with Crippen LogP contribution in [0.4, 0.5) is 13.2 Å².